The van der Waals surface area contributed by atoms with Gasteiger partial charge in [-0.15, -0.1) is 0 Å². The fourth-order valence-electron chi connectivity index (χ4n) is 6.49. The number of nitrogens with zero attached hydrogens (tertiary/aromatic N) is 4. The van der Waals surface area contributed by atoms with Crippen LogP contribution >= 0.6 is 0 Å². The number of hydrogen-bond donors (Lipinski definition) is 1. The number of sulfonamides is 1. The van der Waals surface area contributed by atoms with Crippen molar-refractivity contribution in [2.45, 2.75) is 82.7 Å². The minimum atomic E-state index is -3.85. The summed E-state index contributed by atoms with van der Waals surface area (Å²) in [6, 6.07) is 4.42. The number of amides is 2. The van der Waals surface area contributed by atoms with Crippen molar-refractivity contribution in [2.75, 3.05) is 60.9 Å². The maximum atomic E-state index is 13.3. The van der Waals surface area contributed by atoms with E-state index in [0.29, 0.717) is 17.2 Å². The molecule has 0 aromatic heterocycles. The number of nitrogens with one attached hydrogen (secondary N) is 1. The second kappa shape index (κ2) is 14.2. The third-order valence-corrected chi connectivity index (χ3v) is 10.9. The van der Waals surface area contributed by atoms with Crippen LogP contribution in [-0.4, -0.2) is 112 Å². The summed E-state index contributed by atoms with van der Waals surface area (Å²) < 4.78 is 27.6. The summed E-state index contributed by atoms with van der Waals surface area (Å²) in [5, 5.41) is 2.65. The lowest BCUT2D eigenvalue weighted by atomic mass is 9.86. The first-order chi connectivity index (χ1) is 18.8. The first-order valence-electron chi connectivity index (χ1n) is 14.8. The van der Waals surface area contributed by atoms with E-state index in [1.54, 1.807) is 18.7 Å². The Kier molecular flexibility index (Phi) is 11.6. The monoisotopic (exact) mass is 577 g/mol. The zero-order chi connectivity index (χ0) is 29.6. The van der Waals surface area contributed by atoms with E-state index in [9.17, 15) is 18.0 Å². The molecule has 9 nitrogen and oxygen atoms in total. The average Bonchev–Trinajstić information content (AvgIpc) is 2.90. The highest BCUT2D eigenvalue weighted by Crippen LogP contribution is 2.30. The molecule has 226 valence electrons. The molecule has 0 spiro atoms. The summed E-state index contributed by atoms with van der Waals surface area (Å²) in [5.41, 5.74) is 2.42. The lowest BCUT2D eigenvalue weighted by molar-refractivity contribution is -0.134. The van der Waals surface area contributed by atoms with Gasteiger partial charge in [0, 0.05) is 32.7 Å². The Balaban J connectivity index is 1.49. The van der Waals surface area contributed by atoms with Crippen molar-refractivity contribution in [3.8, 4) is 0 Å². The molecule has 2 atom stereocenters. The van der Waals surface area contributed by atoms with Crippen molar-refractivity contribution < 1.29 is 18.0 Å². The second-order valence-electron chi connectivity index (χ2n) is 12.2. The van der Waals surface area contributed by atoms with Gasteiger partial charge >= 0.3 is 0 Å². The van der Waals surface area contributed by atoms with Gasteiger partial charge in [-0.2, -0.15) is 4.31 Å². The largest absolute Gasteiger partial charge is 0.346 e. The van der Waals surface area contributed by atoms with E-state index in [0.717, 1.165) is 61.1 Å². The Labute approximate surface area is 242 Å². The summed E-state index contributed by atoms with van der Waals surface area (Å²) in [4.78, 5) is 32.6. The second-order valence-corrected chi connectivity index (χ2v) is 14.2. The number of carbonyl (C=O) groups excluding carboxylic acids is 2. The number of hydrogen-bond acceptors (Lipinski definition) is 6. The van der Waals surface area contributed by atoms with E-state index >= 15 is 0 Å². The first-order valence-corrected chi connectivity index (χ1v) is 16.2. The molecule has 1 saturated carbocycles. The minimum Gasteiger partial charge on any atom is -0.346 e. The summed E-state index contributed by atoms with van der Waals surface area (Å²) in [6.45, 7) is 8.52. The standard InChI is InChI=1S/C30H51N5O4S/c1-8-24-16-22(2)30(23(3)17-24)40(38,39)33(6)21-28(36)31-19-29(37)34(7)26-10-9-11-27(18-26)35-14-12-25(13-15-35)20-32(4)5/h16-17,25-27H,8-15,18-21H2,1-7H3,(H,31,36). The van der Waals surface area contributed by atoms with Crippen LogP contribution in [0, 0.1) is 19.8 Å². The molecule has 1 aliphatic carbocycles. The Morgan fingerprint density at radius 3 is 2.20 bits per heavy atom. The van der Waals surface area contributed by atoms with E-state index in [2.05, 4.69) is 29.2 Å². The van der Waals surface area contributed by atoms with Gasteiger partial charge in [-0.1, -0.05) is 19.1 Å². The molecule has 0 radical (unpaired) electrons. The molecule has 2 aliphatic rings. The molecular formula is C30H51N5O4S. The molecule has 1 aromatic carbocycles. The molecule has 3 rings (SSSR count). The van der Waals surface area contributed by atoms with Gasteiger partial charge in [0.1, 0.15) is 0 Å². The summed E-state index contributed by atoms with van der Waals surface area (Å²) in [7, 11) is 3.66. The van der Waals surface area contributed by atoms with E-state index in [-0.39, 0.29) is 29.9 Å². The van der Waals surface area contributed by atoms with Gasteiger partial charge in [-0.05, 0) is 109 Å². The number of carbonyl (C=O) groups is 2. The number of likely N-dealkylation sites (tertiary alicyclic amines) is 1. The van der Waals surface area contributed by atoms with Gasteiger partial charge < -0.3 is 20.0 Å². The minimum absolute atomic E-state index is 0.135. The predicted molar refractivity (Wildman–Crippen MR) is 160 cm³/mol. The lowest BCUT2D eigenvalue weighted by Crippen LogP contribution is -2.51. The topological polar surface area (TPSA) is 93.3 Å². The molecule has 0 bridgehead atoms. The van der Waals surface area contributed by atoms with E-state index in [1.165, 1.54) is 26.3 Å². The molecule has 1 saturated heterocycles. The van der Waals surface area contributed by atoms with E-state index in [4.69, 9.17) is 0 Å². The molecule has 40 heavy (non-hydrogen) atoms. The highest BCUT2D eigenvalue weighted by atomic mass is 32.2. The summed E-state index contributed by atoms with van der Waals surface area (Å²) in [5.74, 6) is 0.133. The SMILES string of the molecule is CCc1cc(C)c(S(=O)(=O)N(C)CC(=O)NCC(=O)N(C)C2CCCC(N3CCC(CN(C)C)CC3)C2)c(C)c1. The van der Waals surface area contributed by atoms with Crippen LogP contribution in [0.15, 0.2) is 17.0 Å². The third kappa shape index (κ3) is 8.27. The summed E-state index contributed by atoms with van der Waals surface area (Å²) in [6.07, 6.45) is 7.48. The average molecular weight is 578 g/mol. The molecule has 1 aliphatic heterocycles. The molecule has 1 heterocycles. The molecule has 2 fully saturated rings. The zero-order valence-corrected chi connectivity index (χ0v) is 26.5. The first kappa shape index (κ1) is 32.5. The Bertz CT molecular complexity index is 1110. The van der Waals surface area contributed by atoms with Gasteiger partial charge in [0.2, 0.25) is 21.8 Å². The number of benzene rings is 1. The van der Waals surface area contributed by atoms with Crippen LogP contribution < -0.4 is 5.32 Å². The van der Waals surface area contributed by atoms with E-state index < -0.39 is 15.9 Å². The number of piperidine rings is 1. The third-order valence-electron chi connectivity index (χ3n) is 8.75. The van der Waals surface area contributed by atoms with Crippen LogP contribution in [-0.2, 0) is 26.0 Å². The van der Waals surface area contributed by atoms with Gasteiger partial charge in [-0.25, -0.2) is 8.42 Å². The van der Waals surface area contributed by atoms with Crippen LogP contribution in [0.4, 0.5) is 0 Å². The van der Waals surface area contributed by atoms with Crippen molar-refractivity contribution in [3.05, 3.63) is 28.8 Å². The quantitative estimate of drug-likeness (QED) is 0.435. The van der Waals surface area contributed by atoms with Gasteiger partial charge in [-0.3, -0.25) is 9.59 Å². The molecule has 2 unspecified atom stereocenters. The van der Waals surface area contributed by atoms with Gasteiger partial charge in [0.25, 0.3) is 0 Å². The zero-order valence-electron chi connectivity index (χ0n) is 25.7. The highest BCUT2D eigenvalue weighted by Gasteiger charge is 2.33. The van der Waals surface area contributed by atoms with Crippen molar-refractivity contribution in [1.82, 2.24) is 24.3 Å². The number of likely N-dealkylation sites (N-methyl/N-ethyl adjacent to an activating group) is 2. The van der Waals surface area contributed by atoms with Crippen LogP contribution in [0.1, 0.15) is 62.1 Å². The van der Waals surface area contributed by atoms with Crippen LogP contribution in [0.5, 0.6) is 0 Å². The number of rotatable bonds is 11. The van der Waals surface area contributed by atoms with Gasteiger partial charge in [0.05, 0.1) is 18.0 Å². The Morgan fingerprint density at radius 2 is 1.62 bits per heavy atom. The fraction of sp³-hybridized carbons (Fsp3) is 0.733. The normalized spacial score (nSPS) is 21.1. The van der Waals surface area contributed by atoms with Crippen molar-refractivity contribution in [3.63, 3.8) is 0 Å². The molecular weight excluding hydrogens is 526 g/mol. The van der Waals surface area contributed by atoms with Crippen molar-refractivity contribution >= 4 is 21.8 Å². The van der Waals surface area contributed by atoms with Gasteiger partial charge in [0.15, 0.2) is 0 Å². The van der Waals surface area contributed by atoms with E-state index in [1.807, 2.05) is 26.1 Å². The van der Waals surface area contributed by atoms with Crippen LogP contribution in [0.25, 0.3) is 0 Å². The molecule has 1 N–H and O–H groups in total. The molecule has 10 heteroatoms. The molecule has 2 amide bonds. The summed E-state index contributed by atoms with van der Waals surface area (Å²) >= 11 is 0. The highest BCUT2D eigenvalue weighted by molar-refractivity contribution is 7.89. The maximum Gasteiger partial charge on any atom is 0.243 e. The van der Waals surface area contributed by atoms with Crippen LogP contribution in [0.2, 0.25) is 0 Å². The number of aryl methyl sites for hydroxylation is 3. The maximum absolute atomic E-state index is 13.3. The van der Waals surface area contributed by atoms with Crippen molar-refractivity contribution in [1.29, 1.82) is 0 Å². The lowest BCUT2D eigenvalue weighted by Gasteiger charge is -2.43. The smallest absolute Gasteiger partial charge is 0.243 e. The van der Waals surface area contributed by atoms with Crippen molar-refractivity contribution in [2.24, 2.45) is 5.92 Å². The predicted octanol–water partition coefficient (Wildman–Crippen LogP) is 2.65. The Hall–Kier alpha value is -2.01. The van der Waals surface area contributed by atoms with Crippen LogP contribution in [0.3, 0.4) is 0 Å². The Morgan fingerprint density at radius 1 is 1.00 bits per heavy atom. The molecule has 1 aromatic rings. The fourth-order valence-corrected chi connectivity index (χ4v) is 8.02.